The highest BCUT2D eigenvalue weighted by atomic mass is 15.5. The van der Waals surface area contributed by atoms with Crippen LogP contribution in [0.2, 0.25) is 0 Å². The van der Waals surface area contributed by atoms with Crippen LogP contribution in [0.4, 0.5) is 5.69 Å². The normalized spacial score (nSPS) is 16.0. The highest BCUT2D eigenvalue weighted by molar-refractivity contribution is 5.73. The third-order valence-corrected chi connectivity index (χ3v) is 4.03. The van der Waals surface area contributed by atoms with E-state index >= 15 is 0 Å². The van der Waals surface area contributed by atoms with Gasteiger partial charge in [-0.1, -0.05) is 12.1 Å². The van der Waals surface area contributed by atoms with Crippen molar-refractivity contribution in [3.63, 3.8) is 0 Å². The maximum atomic E-state index is 9.12. The molecule has 7 heteroatoms. The Bertz CT molecular complexity index is 676. The van der Waals surface area contributed by atoms with Crippen LogP contribution in [0.25, 0.3) is 5.57 Å². The summed E-state index contributed by atoms with van der Waals surface area (Å²) in [7, 11) is 0. The maximum Gasteiger partial charge on any atom is 0.216 e. The average Bonchev–Trinajstić information content (AvgIpc) is 3.12. The monoisotopic (exact) mass is 309 g/mol. The largest absolute Gasteiger partial charge is 0.360 e. The molecule has 1 saturated heterocycles. The first-order valence-corrected chi connectivity index (χ1v) is 7.75. The van der Waals surface area contributed by atoms with Gasteiger partial charge in [-0.3, -0.25) is 0 Å². The van der Waals surface area contributed by atoms with E-state index in [1.807, 2.05) is 18.2 Å². The number of aromatic nitrogens is 4. The minimum atomic E-state index is 0.280. The number of allylic oxidation sites excluding steroid dienone is 1. The van der Waals surface area contributed by atoms with Gasteiger partial charge in [0.2, 0.25) is 5.82 Å². The third kappa shape index (κ3) is 4.14. The summed E-state index contributed by atoms with van der Waals surface area (Å²) in [4.78, 5) is 0. The highest BCUT2D eigenvalue weighted by Gasteiger charge is 2.13. The van der Waals surface area contributed by atoms with Gasteiger partial charge >= 0.3 is 0 Å². The number of hydrogen-bond acceptors (Lipinski definition) is 6. The summed E-state index contributed by atoms with van der Waals surface area (Å²) in [5.74, 6) is 1.06. The Morgan fingerprint density at radius 3 is 2.74 bits per heavy atom. The molecule has 2 heterocycles. The maximum absolute atomic E-state index is 9.12. The van der Waals surface area contributed by atoms with Crippen molar-refractivity contribution in [3.8, 4) is 6.07 Å². The van der Waals surface area contributed by atoms with E-state index in [-0.39, 0.29) is 5.82 Å². The molecule has 0 amide bonds. The molecule has 1 aromatic carbocycles. The number of benzene rings is 1. The van der Waals surface area contributed by atoms with Gasteiger partial charge in [0.05, 0.1) is 0 Å². The fourth-order valence-corrected chi connectivity index (χ4v) is 2.73. The average molecular weight is 309 g/mol. The van der Waals surface area contributed by atoms with Crippen LogP contribution in [0.3, 0.4) is 0 Å². The van der Waals surface area contributed by atoms with Gasteiger partial charge in [0, 0.05) is 11.9 Å². The van der Waals surface area contributed by atoms with Gasteiger partial charge in [0.15, 0.2) is 0 Å². The smallest absolute Gasteiger partial charge is 0.216 e. The summed E-state index contributed by atoms with van der Waals surface area (Å²) in [5, 5.41) is 29.0. The fraction of sp³-hybridized carbons (Fsp3) is 0.375. The van der Waals surface area contributed by atoms with Crippen molar-refractivity contribution < 1.29 is 0 Å². The zero-order valence-electron chi connectivity index (χ0n) is 12.8. The van der Waals surface area contributed by atoms with Crippen molar-refractivity contribution >= 4 is 11.3 Å². The summed E-state index contributed by atoms with van der Waals surface area (Å²) in [6.45, 7) is 2.25. The molecule has 0 atom stereocenters. The molecule has 0 saturated carbocycles. The third-order valence-electron chi connectivity index (χ3n) is 4.03. The number of tetrazole rings is 1. The Morgan fingerprint density at radius 1 is 1.30 bits per heavy atom. The van der Waals surface area contributed by atoms with Crippen LogP contribution < -0.4 is 10.6 Å². The van der Waals surface area contributed by atoms with Crippen molar-refractivity contribution in [1.82, 2.24) is 25.9 Å². The lowest BCUT2D eigenvalue weighted by atomic mass is 9.91. The highest BCUT2D eigenvalue weighted by Crippen LogP contribution is 2.19. The van der Waals surface area contributed by atoms with E-state index in [0.717, 1.165) is 31.1 Å². The molecule has 2 aromatic rings. The molecule has 1 aliphatic heterocycles. The molecule has 0 unspecified atom stereocenters. The Kier molecular flexibility index (Phi) is 4.96. The SMILES string of the molecule is N#CC(=CNc1ccc(CC2CCNCC2)cc1)c1nn[nH]n1. The number of piperidine rings is 1. The lowest BCUT2D eigenvalue weighted by Gasteiger charge is -2.22. The van der Waals surface area contributed by atoms with Gasteiger partial charge in [0.1, 0.15) is 11.6 Å². The van der Waals surface area contributed by atoms with Gasteiger partial charge in [-0.05, 0) is 61.2 Å². The molecule has 7 nitrogen and oxygen atoms in total. The van der Waals surface area contributed by atoms with E-state index in [1.165, 1.54) is 18.4 Å². The quantitative estimate of drug-likeness (QED) is 0.727. The van der Waals surface area contributed by atoms with E-state index in [0.29, 0.717) is 5.57 Å². The number of aromatic amines is 1. The zero-order valence-corrected chi connectivity index (χ0v) is 12.8. The van der Waals surface area contributed by atoms with Crippen molar-refractivity contribution in [3.05, 3.63) is 41.9 Å². The number of rotatable bonds is 5. The van der Waals surface area contributed by atoms with E-state index in [2.05, 4.69) is 43.4 Å². The molecule has 1 fully saturated rings. The number of H-pyrrole nitrogens is 1. The number of hydrogen-bond donors (Lipinski definition) is 3. The first-order chi connectivity index (χ1) is 11.3. The van der Waals surface area contributed by atoms with Crippen LogP contribution in [0.5, 0.6) is 0 Å². The summed E-state index contributed by atoms with van der Waals surface area (Å²) in [6, 6.07) is 10.4. The number of nitriles is 1. The Hall–Kier alpha value is -2.72. The predicted octanol–water partition coefficient (Wildman–Crippen LogP) is 1.72. The zero-order chi connectivity index (χ0) is 15.9. The minimum absolute atomic E-state index is 0.280. The predicted molar refractivity (Wildman–Crippen MR) is 87.1 cm³/mol. The summed E-state index contributed by atoms with van der Waals surface area (Å²) < 4.78 is 0. The first-order valence-electron chi connectivity index (χ1n) is 7.75. The van der Waals surface area contributed by atoms with E-state index in [9.17, 15) is 0 Å². The molecule has 3 N–H and O–H groups in total. The Labute approximate surface area is 134 Å². The van der Waals surface area contributed by atoms with Crippen molar-refractivity contribution in [2.75, 3.05) is 18.4 Å². The van der Waals surface area contributed by atoms with E-state index in [1.54, 1.807) is 6.20 Å². The molecule has 0 aliphatic carbocycles. The summed E-state index contributed by atoms with van der Waals surface area (Å²) >= 11 is 0. The number of nitrogens with one attached hydrogen (secondary N) is 3. The van der Waals surface area contributed by atoms with Crippen LogP contribution in [0.15, 0.2) is 30.5 Å². The summed E-state index contributed by atoms with van der Waals surface area (Å²) in [6.07, 6.45) is 5.22. The molecule has 0 spiro atoms. The standard InChI is InChI=1S/C16H19N7/c17-10-14(16-20-22-23-21-16)11-19-15-3-1-12(2-4-15)9-13-5-7-18-8-6-13/h1-4,11,13,18-19H,5-9H2,(H,20,21,22,23). The second kappa shape index (κ2) is 7.51. The second-order valence-electron chi connectivity index (χ2n) is 5.64. The molecule has 23 heavy (non-hydrogen) atoms. The Morgan fingerprint density at radius 2 is 2.09 bits per heavy atom. The van der Waals surface area contributed by atoms with Gasteiger partial charge in [-0.15, -0.1) is 10.2 Å². The number of anilines is 1. The van der Waals surface area contributed by atoms with Crippen LogP contribution >= 0.6 is 0 Å². The molecule has 118 valence electrons. The van der Waals surface area contributed by atoms with Crippen LogP contribution in [0.1, 0.15) is 24.2 Å². The molecular formula is C16H19N7. The van der Waals surface area contributed by atoms with Crippen LogP contribution in [-0.4, -0.2) is 33.7 Å². The molecule has 3 rings (SSSR count). The van der Waals surface area contributed by atoms with Gasteiger partial charge in [-0.25, -0.2) is 0 Å². The topological polar surface area (TPSA) is 102 Å². The van der Waals surface area contributed by atoms with Crippen LogP contribution in [0, 0.1) is 17.2 Å². The number of nitrogens with zero attached hydrogens (tertiary/aromatic N) is 4. The molecule has 0 bridgehead atoms. The van der Waals surface area contributed by atoms with E-state index < -0.39 is 0 Å². The fourth-order valence-electron chi connectivity index (χ4n) is 2.73. The minimum Gasteiger partial charge on any atom is -0.360 e. The second-order valence-corrected chi connectivity index (χ2v) is 5.64. The molecule has 1 aliphatic rings. The lowest BCUT2D eigenvalue weighted by molar-refractivity contribution is 0.372. The van der Waals surface area contributed by atoms with Crippen molar-refractivity contribution in [2.45, 2.75) is 19.3 Å². The first kappa shape index (κ1) is 15.2. The van der Waals surface area contributed by atoms with Crippen molar-refractivity contribution in [2.24, 2.45) is 5.92 Å². The lowest BCUT2D eigenvalue weighted by Crippen LogP contribution is -2.28. The van der Waals surface area contributed by atoms with Gasteiger partial charge < -0.3 is 10.6 Å². The summed E-state index contributed by atoms with van der Waals surface area (Å²) in [5.41, 5.74) is 2.61. The molecule has 1 aromatic heterocycles. The van der Waals surface area contributed by atoms with Gasteiger partial charge in [-0.2, -0.15) is 10.5 Å². The van der Waals surface area contributed by atoms with Gasteiger partial charge in [0.25, 0.3) is 0 Å². The molecule has 0 radical (unpaired) electrons. The van der Waals surface area contributed by atoms with Crippen molar-refractivity contribution in [1.29, 1.82) is 5.26 Å². The Balaban J connectivity index is 1.60. The van der Waals surface area contributed by atoms with E-state index in [4.69, 9.17) is 5.26 Å². The molecular weight excluding hydrogens is 290 g/mol. The van der Waals surface area contributed by atoms with Crippen LogP contribution in [-0.2, 0) is 6.42 Å².